The number of nitrogens with zero attached hydrogens (tertiary/aromatic N) is 2. The molecule has 5 rings (SSSR count). The Hall–Kier alpha value is -10.7. The van der Waals surface area contributed by atoms with Crippen molar-refractivity contribution in [3.05, 3.63) is 71.9 Å². The summed E-state index contributed by atoms with van der Waals surface area (Å²) >= 11 is 0. The number of hydrogen-bond acceptors (Lipinski definition) is 21. The van der Waals surface area contributed by atoms with E-state index < -0.39 is 182 Å². The van der Waals surface area contributed by atoms with Crippen molar-refractivity contribution in [1.82, 2.24) is 68.4 Å². The summed E-state index contributed by atoms with van der Waals surface area (Å²) in [4.78, 5) is 217. The summed E-state index contributed by atoms with van der Waals surface area (Å²) in [5, 5.41) is 78.8. The molecular weight excluding hydrogens is 1580 g/mol. The maximum Gasteiger partial charge on any atom is 0.303 e. The molecule has 3 heterocycles. The number of aliphatic carboxylic acids is 1. The van der Waals surface area contributed by atoms with Crippen LogP contribution in [-0.4, -0.2) is 248 Å². The van der Waals surface area contributed by atoms with E-state index in [1.54, 1.807) is 49.5 Å². The first kappa shape index (κ1) is 102. The second-order valence-electron chi connectivity index (χ2n) is 31.3. The van der Waals surface area contributed by atoms with E-state index in [2.05, 4.69) is 68.5 Å². The summed E-state index contributed by atoms with van der Waals surface area (Å²) in [5.74, 6) is -13.4. The number of carboxylic acid groups (broad SMARTS) is 1. The zero-order valence-corrected chi connectivity index (χ0v) is 70.3. The van der Waals surface area contributed by atoms with Crippen LogP contribution in [0.2, 0.25) is 0 Å². The number of aromatic nitrogens is 1. The molecule has 2 aromatic carbocycles. The van der Waals surface area contributed by atoms with Crippen LogP contribution in [0, 0.1) is 0 Å². The van der Waals surface area contributed by atoms with Gasteiger partial charge in [0.05, 0.1) is 26.4 Å². The SMILES string of the molecule is CCCC[C@H](NC(=O)[C@H](CO)NC(=O)[C@H](CO)NC(=O)[C@@H](CO)NC(=O)[C@H](CCCN)NC(=O)[C@@H](CO)NC(=O)CCCCCCCCCCCCCCCCC(=O)O)C(=O)N[C@H]1CCC(=O)CCCCC[C@@H](C(N)=O)NC(=O)[C@H](Cc2c[nH]c3ccccc23)NC(=O)[C@H](CCCN=C(N)N)NC(=O)[C@@H](Cc2ccccc2)NC(=O)[C@@H]2CCCN2C1=O. The number of carboxylic acids is 1. The zero-order chi connectivity index (χ0) is 89.3. The number of primary amides is 1. The molecule has 678 valence electrons. The lowest BCUT2D eigenvalue weighted by atomic mass is 10.00. The molecule has 122 heavy (non-hydrogen) atoms. The molecule has 2 aliphatic rings. The van der Waals surface area contributed by atoms with Crippen LogP contribution >= 0.6 is 0 Å². The van der Waals surface area contributed by atoms with Crippen molar-refractivity contribution in [2.24, 2.45) is 27.9 Å². The molecule has 1 aromatic heterocycles. The lowest BCUT2D eigenvalue weighted by Crippen LogP contribution is -2.62. The lowest BCUT2D eigenvalue weighted by molar-refractivity contribution is -0.143. The first-order valence-electron chi connectivity index (χ1n) is 43.1. The summed E-state index contributed by atoms with van der Waals surface area (Å²) in [6.07, 6.45) is 16.7. The van der Waals surface area contributed by atoms with Crippen molar-refractivity contribution in [3.8, 4) is 0 Å². The standard InChI is InChI=1S/C84H132N18O20/c1-2-3-33-59(94-79(118)66(50-104)100-81(120)68(52-106)101-80(119)67(51-105)99-75(114)60(36-26-43-85)95-78(117)65(49-103)91-70(108)39-22-14-12-10-8-6-4-5-7-9-11-13-15-23-40-71(109)110)73(112)96-62-42-41-55(107)31-20-17-21-35-58(72(86)111)92-77(116)64(47-54-48-90-57-34-25-24-32-56(54)57)97-74(113)61(37-27-44-89-84(87)88)93-76(115)63(46-53-29-18-16-19-30-53)98-82(121)69-38-28-45-102(69)83(62)122/h16,18-19,24-25,29-30,32,34,48,58-69,90,103-106H,2-15,17,20-23,26-28,31,33,35-47,49-52,85H2,1H3,(H2,86,111)(H,91,108)(H,92,116)(H,93,115)(H,94,118)(H,95,117)(H,96,112)(H,97,113)(H,98,121)(H,99,114)(H,100,120)(H,101,119)(H,109,110)(H4,87,88,89)/t58-,59-,60-,61-,62-,63+,64-,65+,66-,67+,68-,69-/m0/s1. The number of para-hydroxylation sites is 1. The zero-order valence-electron chi connectivity index (χ0n) is 70.3. The van der Waals surface area contributed by atoms with E-state index in [0.29, 0.717) is 36.8 Å². The monoisotopic (exact) mass is 1710 g/mol. The minimum atomic E-state index is -1.93. The highest BCUT2D eigenvalue weighted by molar-refractivity contribution is 6.00. The van der Waals surface area contributed by atoms with Gasteiger partial charge in [-0.1, -0.05) is 158 Å². The summed E-state index contributed by atoms with van der Waals surface area (Å²) < 4.78 is 0. The van der Waals surface area contributed by atoms with Gasteiger partial charge in [0.1, 0.15) is 78.3 Å². The number of amides is 13. The van der Waals surface area contributed by atoms with Gasteiger partial charge in [0.2, 0.25) is 76.8 Å². The van der Waals surface area contributed by atoms with E-state index in [1.807, 2.05) is 18.2 Å². The number of guanidine groups is 1. The largest absolute Gasteiger partial charge is 0.481 e. The topological polar surface area (TPSA) is 625 Å². The average Bonchev–Trinajstić information content (AvgIpc) is 1.61. The van der Waals surface area contributed by atoms with Crippen LogP contribution in [0.3, 0.4) is 0 Å². The molecule has 0 bridgehead atoms. The minimum Gasteiger partial charge on any atom is -0.481 e. The van der Waals surface area contributed by atoms with E-state index in [0.717, 1.165) is 88.0 Å². The van der Waals surface area contributed by atoms with Crippen molar-refractivity contribution in [3.63, 3.8) is 0 Å². The van der Waals surface area contributed by atoms with Crippen LogP contribution in [0.1, 0.15) is 224 Å². The molecule has 25 N–H and O–H groups in total. The predicted molar refractivity (Wildman–Crippen MR) is 452 cm³/mol. The molecule has 0 aliphatic carbocycles. The molecule has 3 aromatic rings. The van der Waals surface area contributed by atoms with Gasteiger partial charge in [-0.2, -0.15) is 0 Å². The number of H-pyrrole nitrogens is 1. The number of nitrogens with two attached hydrogens (primary N) is 4. The Balaban J connectivity index is 1.27. The van der Waals surface area contributed by atoms with Gasteiger partial charge in [0.15, 0.2) is 5.96 Å². The molecular formula is C84H132N18O20. The van der Waals surface area contributed by atoms with Crippen LogP contribution in [-0.2, 0) is 84.8 Å². The summed E-state index contributed by atoms with van der Waals surface area (Å²) in [7, 11) is 0. The van der Waals surface area contributed by atoms with Crippen LogP contribution in [0.4, 0.5) is 0 Å². The summed E-state index contributed by atoms with van der Waals surface area (Å²) in [6, 6.07) is -2.58. The maximum absolute atomic E-state index is 15.2. The highest BCUT2D eigenvalue weighted by Gasteiger charge is 2.42. The quantitative estimate of drug-likeness (QED) is 0.0190. The maximum atomic E-state index is 15.2. The summed E-state index contributed by atoms with van der Waals surface area (Å²) in [6.45, 7) is -2.44. The van der Waals surface area contributed by atoms with Gasteiger partial charge >= 0.3 is 5.97 Å². The Morgan fingerprint density at radius 2 is 0.992 bits per heavy atom. The molecule has 38 nitrogen and oxygen atoms in total. The second kappa shape index (κ2) is 56.8. The van der Waals surface area contributed by atoms with Crippen molar-refractivity contribution in [2.75, 3.05) is 46.1 Å². The second-order valence-corrected chi connectivity index (χ2v) is 31.3. The average molecular weight is 1710 g/mol. The van der Waals surface area contributed by atoms with E-state index in [4.69, 9.17) is 28.0 Å². The fraction of sp³-hybridized carbons (Fsp3) is 0.643. The number of aliphatic imine (C=N–C) groups is 1. The van der Waals surface area contributed by atoms with Crippen molar-refractivity contribution in [1.29, 1.82) is 0 Å². The van der Waals surface area contributed by atoms with E-state index in [-0.39, 0.29) is 147 Å². The van der Waals surface area contributed by atoms with Crippen LogP contribution in [0.25, 0.3) is 10.9 Å². The minimum absolute atomic E-state index is 0.0180. The number of aromatic amines is 1. The molecule has 0 saturated carbocycles. The lowest BCUT2D eigenvalue weighted by Gasteiger charge is -2.31. The number of ketones is 1. The Bertz CT molecular complexity index is 3880. The summed E-state index contributed by atoms with van der Waals surface area (Å²) in [5.41, 5.74) is 24.8. The number of benzene rings is 2. The number of aliphatic hydroxyl groups excluding tert-OH is 4. The van der Waals surface area contributed by atoms with Crippen molar-refractivity contribution < 1.29 is 97.5 Å². The fourth-order valence-corrected chi connectivity index (χ4v) is 14.6. The van der Waals surface area contributed by atoms with E-state index >= 15 is 4.79 Å². The smallest absolute Gasteiger partial charge is 0.303 e. The molecule has 2 fully saturated rings. The molecule has 2 aliphatic heterocycles. The number of rotatable bonds is 49. The molecule has 13 amide bonds. The normalized spacial score (nSPS) is 19.3. The fourth-order valence-electron chi connectivity index (χ4n) is 14.6. The number of carbonyl (C=O) groups is 15. The third kappa shape index (κ3) is 36.9. The van der Waals surface area contributed by atoms with Gasteiger partial charge in [-0.15, -0.1) is 0 Å². The predicted octanol–water partition coefficient (Wildman–Crippen LogP) is -0.646. The van der Waals surface area contributed by atoms with Crippen molar-refractivity contribution >= 4 is 105 Å². The first-order valence-corrected chi connectivity index (χ1v) is 43.1. The number of carbonyl (C=O) groups excluding carboxylic acids is 14. The highest BCUT2D eigenvalue weighted by atomic mass is 16.4. The van der Waals surface area contributed by atoms with Crippen LogP contribution < -0.4 is 81.4 Å². The molecule has 0 spiro atoms. The van der Waals surface area contributed by atoms with Crippen LogP contribution in [0.5, 0.6) is 0 Å². The highest BCUT2D eigenvalue weighted by Crippen LogP contribution is 2.24. The Morgan fingerprint density at radius 3 is 1.55 bits per heavy atom. The van der Waals surface area contributed by atoms with Gasteiger partial charge in [-0.05, 0) is 101 Å². The van der Waals surface area contributed by atoms with Gasteiger partial charge < -0.3 is 117 Å². The van der Waals surface area contributed by atoms with Crippen LogP contribution in [0.15, 0.2) is 65.8 Å². The Morgan fingerprint density at radius 1 is 0.500 bits per heavy atom. The van der Waals surface area contributed by atoms with Gasteiger partial charge in [0, 0.05) is 68.7 Å². The number of fused-ring (bicyclic) bond motifs is 2. The van der Waals surface area contributed by atoms with Gasteiger partial charge in [-0.25, -0.2) is 0 Å². The third-order valence-electron chi connectivity index (χ3n) is 21.6. The molecule has 2 saturated heterocycles. The van der Waals surface area contributed by atoms with Gasteiger partial charge in [-0.3, -0.25) is 76.9 Å². The Labute approximate surface area is 711 Å². The molecule has 12 atom stereocenters. The number of nitrogens with one attached hydrogen (secondary N) is 12. The van der Waals surface area contributed by atoms with Gasteiger partial charge in [0.25, 0.3) is 0 Å². The Kier molecular flexibility index (Phi) is 47.4. The third-order valence-corrected chi connectivity index (χ3v) is 21.6. The molecule has 0 unspecified atom stereocenters. The number of Topliss-reactive ketones (excluding diaryl/α,β-unsaturated/α-hetero) is 1. The first-order chi connectivity index (χ1) is 58.6. The van der Waals surface area contributed by atoms with Crippen molar-refractivity contribution in [2.45, 2.75) is 298 Å². The van der Waals surface area contributed by atoms with E-state index in [1.165, 1.54) is 4.90 Å². The molecule has 0 radical (unpaired) electrons. The number of unbranched alkanes of at least 4 members (excludes halogenated alkanes) is 14. The van der Waals surface area contributed by atoms with E-state index in [9.17, 15) is 87.5 Å². The number of aliphatic hydroxyl groups is 4. The number of hydrogen-bond donors (Lipinski definition) is 21. The molecule has 38 heteroatoms.